The molecule has 2 N–H and O–H groups in total. The van der Waals surface area contributed by atoms with Gasteiger partial charge in [0.1, 0.15) is 0 Å². The molecule has 1 saturated heterocycles. The Labute approximate surface area is 126 Å². The van der Waals surface area contributed by atoms with E-state index in [1.54, 1.807) is 4.90 Å². The highest BCUT2D eigenvalue weighted by atomic mass is 16.5. The van der Waals surface area contributed by atoms with Gasteiger partial charge in [-0.25, -0.2) is 4.79 Å². The monoisotopic (exact) mass is 291 g/mol. The molecule has 2 amide bonds. The van der Waals surface area contributed by atoms with Crippen molar-refractivity contribution in [2.24, 2.45) is 0 Å². The zero-order valence-corrected chi connectivity index (χ0v) is 13.1. The van der Waals surface area contributed by atoms with Gasteiger partial charge in [0.25, 0.3) is 0 Å². The lowest BCUT2D eigenvalue weighted by Crippen LogP contribution is -2.42. The quantitative estimate of drug-likeness (QED) is 0.896. The van der Waals surface area contributed by atoms with Crippen LogP contribution in [0.1, 0.15) is 31.4 Å². The third kappa shape index (κ3) is 4.19. The highest BCUT2D eigenvalue weighted by Crippen LogP contribution is 2.17. The lowest BCUT2D eigenvalue weighted by Gasteiger charge is -2.31. The highest BCUT2D eigenvalue weighted by Gasteiger charge is 2.22. The summed E-state index contributed by atoms with van der Waals surface area (Å²) in [5, 5.41) is 6.14. The molecule has 21 heavy (non-hydrogen) atoms. The maximum absolute atomic E-state index is 12.2. The number of amides is 2. The molecule has 1 unspecified atom stereocenters. The summed E-state index contributed by atoms with van der Waals surface area (Å²) >= 11 is 0. The molecule has 116 valence electrons. The van der Waals surface area contributed by atoms with Crippen LogP contribution in [0.5, 0.6) is 0 Å². The third-order valence-electron chi connectivity index (χ3n) is 4.15. The first kappa shape index (κ1) is 15.8. The van der Waals surface area contributed by atoms with Crippen LogP contribution in [0.25, 0.3) is 0 Å². The Morgan fingerprint density at radius 3 is 2.48 bits per heavy atom. The maximum Gasteiger partial charge on any atom is 0.321 e. The Kier molecular flexibility index (Phi) is 5.59. The van der Waals surface area contributed by atoms with Crippen molar-refractivity contribution in [1.82, 2.24) is 10.2 Å². The van der Waals surface area contributed by atoms with E-state index in [-0.39, 0.29) is 12.1 Å². The average molecular weight is 291 g/mol. The number of ether oxygens (including phenoxy) is 1. The summed E-state index contributed by atoms with van der Waals surface area (Å²) in [6.07, 6.45) is 1.81. The van der Waals surface area contributed by atoms with Crippen LogP contribution in [0.4, 0.5) is 10.5 Å². The van der Waals surface area contributed by atoms with Crippen LogP contribution in [-0.2, 0) is 4.74 Å². The van der Waals surface area contributed by atoms with Crippen LogP contribution >= 0.6 is 0 Å². The Morgan fingerprint density at radius 1 is 1.29 bits per heavy atom. The Hall–Kier alpha value is -1.59. The van der Waals surface area contributed by atoms with Gasteiger partial charge in [-0.1, -0.05) is 12.1 Å². The molecule has 0 radical (unpaired) electrons. The predicted molar refractivity (Wildman–Crippen MR) is 84.5 cm³/mol. The second-order valence-corrected chi connectivity index (χ2v) is 5.52. The summed E-state index contributed by atoms with van der Waals surface area (Å²) in [6.45, 7) is 3.57. The van der Waals surface area contributed by atoms with E-state index in [0.29, 0.717) is 6.04 Å². The molecular formula is C16H25N3O2. The van der Waals surface area contributed by atoms with Crippen molar-refractivity contribution in [2.45, 2.75) is 31.8 Å². The van der Waals surface area contributed by atoms with Gasteiger partial charge in [-0.15, -0.1) is 0 Å². The molecule has 1 aliphatic heterocycles. The van der Waals surface area contributed by atoms with Crippen LogP contribution in [0, 0.1) is 0 Å². The zero-order chi connectivity index (χ0) is 15.2. The lowest BCUT2D eigenvalue weighted by atomic mass is 10.1. The number of hydrogen-bond donors (Lipinski definition) is 2. The molecule has 0 spiro atoms. The highest BCUT2D eigenvalue weighted by molar-refractivity contribution is 5.89. The van der Waals surface area contributed by atoms with Gasteiger partial charge in [-0.2, -0.15) is 0 Å². The van der Waals surface area contributed by atoms with E-state index < -0.39 is 0 Å². The van der Waals surface area contributed by atoms with E-state index in [1.165, 1.54) is 5.56 Å². The van der Waals surface area contributed by atoms with E-state index in [4.69, 9.17) is 4.74 Å². The molecule has 1 atom stereocenters. The second-order valence-electron chi connectivity index (χ2n) is 5.52. The molecular weight excluding hydrogens is 266 g/mol. The number of rotatable bonds is 4. The summed E-state index contributed by atoms with van der Waals surface area (Å²) in [4.78, 5) is 14.0. The van der Waals surface area contributed by atoms with Crippen molar-refractivity contribution in [3.8, 4) is 0 Å². The Bertz CT molecular complexity index is 455. The van der Waals surface area contributed by atoms with Gasteiger partial charge in [0.05, 0.1) is 0 Å². The number of carbonyl (C=O) groups is 1. The minimum Gasteiger partial charge on any atom is -0.381 e. The largest absolute Gasteiger partial charge is 0.381 e. The van der Waals surface area contributed by atoms with Crippen molar-refractivity contribution in [3.05, 3.63) is 29.8 Å². The molecule has 2 rings (SSSR count). The van der Waals surface area contributed by atoms with Gasteiger partial charge < -0.3 is 20.3 Å². The van der Waals surface area contributed by atoms with Crippen LogP contribution in [0.2, 0.25) is 0 Å². The van der Waals surface area contributed by atoms with Gasteiger partial charge in [0.2, 0.25) is 0 Å². The fourth-order valence-corrected chi connectivity index (χ4v) is 2.47. The fraction of sp³-hybridized carbons (Fsp3) is 0.562. The first-order valence-electron chi connectivity index (χ1n) is 7.50. The molecule has 0 aliphatic carbocycles. The van der Waals surface area contributed by atoms with E-state index in [9.17, 15) is 4.79 Å². The summed E-state index contributed by atoms with van der Waals surface area (Å²) in [5.74, 6) is 0. The minimum absolute atomic E-state index is 0.0590. The Morgan fingerprint density at radius 2 is 1.90 bits per heavy atom. The molecule has 0 saturated carbocycles. The van der Waals surface area contributed by atoms with Crippen LogP contribution in [0.3, 0.4) is 0 Å². The van der Waals surface area contributed by atoms with Crippen molar-refractivity contribution in [1.29, 1.82) is 0 Å². The van der Waals surface area contributed by atoms with E-state index >= 15 is 0 Å². The second kappa shape index (κ2) is 7.43. The molecule has 0 bridgehead atoms. The van der Waals surface area contributed by atoms with E-state index in [0.717, 1.165) is 31.7 Å². The van der Waals surface area contributed by atoms with Crippen molar-refractivity contribution >= 4 is 11.7 Å². The maximum atomic E-state index is 12.2. The average Bonchev–Trinajstić information content (AvgIpc) is 2.55. The van der Waals surface area contributed by atoms with Gasteiger partial charge in [0, 0.05) is 38.0 Å². The molecule has 0 aromatic heterocycles. The summed E-state index contributed by atoms with van der Waals surface area (Å²) in [6, 6.07) is 8.46. The van der Waals surface area contributed by atoms with Crippen LogP contribution in [0.15, 0.2) is 24.3 Å². The smallest absolute Gasteiger partial charge is 0.321 e. The van der Waals surface area contributed by atoms with Crippen molar-refractivity contribution in [2.75, 3.05) is 32.6 Å². The van der Waals surface area contributed by atoms with Crippen molar-refractivity contribution < 1.29 is 9.53 Å². The number of nitrogens with zero attached hydrogens (tertiary/aromatic N) is 1. The molecule has 1 aliphatic rings. The first-order chi connectivity index (χ1) is 10.1. The van der Waals surface area contributed by atoms with Crippen LogP contribution < -0.4 is 10.6 Å². The van der Waals surface area contributed by atoms with E-state index in [2.05, 4.69) is 17.6 Å². The van der Waals surface area contributed by atoms with Gasteiger partial charge in [-0.3, -0.25) is 0 Å². The Balaban J connectivity index is 1.92. The van der Waals surface area contributed by atoms with Gasteiger partial charge >= 0.3 is 6.03 Å². The SMILES string of the molecule is CNC(C)c1ccc(NC(=O)N(C)C2CCOCC2)cc1. The number of nitrogens with one attached hydrogen (secondary N) is 2. The zero-order valence-electron chi connectivity index (χ0n) is 13.1. The molecule has 1 aromatic carbocycles. The molecule has 1 aromatic rings. The molecule has 1 fully saturated rings. The number of hydrogen-bond acceptors (Lipinski definition) is 3. The fourth-order valence-electron chi connectivity index (χ4n) is 2.47. The number of benzene rings is 1. The van der Waals surface area contributed by atoms with Crippen LogP contribution in [-0.4, -0.2) is 44.3 Å². The van der Waals surface area contributed by atoms with Crippen molar-refractivity contribution in [3.63, 3.8) is 0 Å². The molecule has 1 heterocycles. The van der Waals surface area contributed by atoms with Gasteiger partial charge in [-0.05, 0) is 44.5 Å². The number of urea groups is 1. The molecule has 5 nitrogen and oxygen atoms in total. The summed E-state index contributed by atoms with van der Waals surface area (Å²) < 4.78 is 5.33. The van der Waals surface area contributed by atoms with Gasteiger partial charge in [0.15, 0.2) is 0 Å². The number of carbonyl (C=O) groups excluding carboxylic acids is 1. The third-order valence-corrected chi connectivity index (χ3v) is 4.15. The number of anilines is 1. The molecule has 5 heteroatoms. The lowest BCUT2D eigenvalue weighted by molar-refractivity contribution is 0.0544. The predicted octanol–water partition coefficient (Wildman–Crippen LogP) is 2.61. The standard InChI is InChI=1S/C16H25N3O2/c1-12(17-2)13-4-6-14(7-5-13)18-16(20)19(3)15-8-10-21-11-9-15/h4-7,12,15,17H,8-11H2,1-3H3,(H,18,20). The normalized spacial score (nSPS) is 17.3. The first-order valence-corrected chi connectivity index (χ1v) is 7.50. The minimum atomic E-state index is -0.0590. The van der Waals surface area contributed by atoms with E-state index in [1.807, 2.05) is 38.4 Å². The topological polar surface area (TPSA) is 53.6 Å². The summed E-state index contributed by atoms with van der Waals surface area (Å²) in [5.41, 5.74) is 2.03. The summed E-state index contributed by atoms with van der Waals surface area (Å²) in [7, 11) is 3.78.